The molecule has 4 rings (SSSR count). The van der Waals surface area contributed by atoms with Gasteiger partial charge >= 0.3 is 18.2 Å². The average Bonchev–Trinajstić information content (AvgIpc) is 3.41. The summed E-state index contributed by atoms with van der Waals surface area (Å²) in [6.07, 6.45) is -5.26. The standard InChI is InChI=1S/C19H11F3N6O5S/c20-19(21,22)17(29)33-27-15-7-11(4-5-13(15)26-16(27)14-8-34-9-23-14)25-18(30)24-10-2-1-3-12(6-10)28(31)32/h1-9H,(H2,24,25,30). The molecular weight excluding hydrogens is 481 g/mol. The number of carbonyl (C=O) groups excluding carboxylic acids is 2. The van der Waals surface area contributed by atoms with E-state index >= 15 is 0 Å². The van der Waals surface area contributed by atoms with Crippen molar-refractivity contribution in [3.63, 3.8) is 0 Å². The number of nitro benzene ring substituents is 1. The van der Waals surface area contributed by atoms with Crippen LogP contribution in [0.1, 0.15) is 0 Å². The fraction of sp³-hybridized carbons (Fsp3) is 0.0526. The molecule has 2 amide bonds. The largest absolute Gasteiger partial charge is 0.493 e. The number of carbonyl (C=O) groups is 2. The maximum absolute atomic E-state index is 12.8. The lowest BCUT2D eigenvalue weighted by atomic mass is 10.2. The van der Waals surface area contributed by atoms with Gasteiger partial charge in [-0.15, -0.1) is 11.3 Å². The third-order valence-electron chi connectivity index (χ3n) is 4.25. The van der Waals surface area contributed by atoms with E-state index in [0.717, 1.165) is 17.4 Å². The Bertz CT molecular complexity index is 1400. The molecular formula is C19H11F3N6O5S. The number of thiazole rings is 1. The third-order valence-corrected chi connectivity index (χ3v) is 4.84. The van der Waals surface area contributed by atoms with E-state index in [2.05, 4.69) is 25.4 Å². The van der Waals surface area contributed by atoms with E-state index < -0.39 is 23.1 Å². The zero-order chi connectivity index (χ0) is 24.5. The minimum atomic E-state index is -5.26. The number of rotatable bonds is 5. The molecule has 2 aromatic carbocycles. The van der Waals surface area contributed by atoms with Gasteiger partial charge < -0.3 is 15.5 Å². The fourth-order valence-electron chi connectivity index (χ4n) is 2.83. The highest BCUT2D eigenvalue weighted by Gasteiger charge is 2.42. The van der Waals surface area contributed by atoms with Crippen LogP contribution in [0, 0.1) is 10.1 Å². The Kier molecular flexibility index (Phi) is 5.85. The molecule has 0 radical (unpaired) electrons. The zero-order valence-electron chi connectivity index (χ0n) is 16.6. The van der Waals surface area contributed by atoms with Crippen LogP contribution in [0.3, 0.4) is 0 Å². The van der Waals surface area contributed by atoms with Crippen LogP contribution in [0.15, 0.2) is 53.4 Å². The van der Waals surface area contributed by atoms with E-state index in [1.54, 1.807) is 0 Å². The number of urea groups is 1. The van der Waals surface area contributed by atoms with Crippen molar-refractivity contribution in [3.05, 3.63) is 63.5 Å². The lowest BCUT2D eigenvalue weighted by Crippen LogP contribution is -2.33. The topological polar surface area (TPSA) is 141 Å². The van der Waals surface area contributed by atoms with Gasteiger partial charge in [-0.05, 0) is 24.3 Å². The van der Waals surface area contributed by atoms with Gasteiger partial charge in [0.2, 0.25) is 0 Å². The summed E-state index contributed by atoms with van der Waals surface area (Å²) in [5.74, 6) is -2.61. The van der Waals surface area contributed by atoms with E-state index in [9.17, 15) is 32.9 Å². The van der Waals surface area contributed by atoms with Crippen LogP contribution in [0.5, 0.6) is 0 Å². The Morgan fingerprint density at radius 3 is 2.50 bits per heavy atom. The van der Waals surface area contributed by atoms with E-state index in [4.69, 9.17) is 0 Å². The summed E-state index contributed by atoms with van der Waals surface area (Å²) in [7, 11) is 0. The first-order chi connectivity index (χ1) is 16.1. The van der Waals surface area contributed by atoms with Crippen LogP contribution >= 0.6 is 11.3 Å². The van der Waals surface area contributed by atoms with Crippen molar-refractivity contribution in [2.75, 3.05) is 10.6 Å². The number of halogens is 3. The Morgan fingerprint density at radius 1 is 1.12 bits per heavy atom. The minimum absolute atomic E-state index is 0.0475. The van der Waals surface area contributed by atoms with E-state index in [1.165, 1.54) is 47.3 Å². The number of hydrogen-bond acceptors (Lipinski definition) is 8. The van der Waals surface area contributed by atoms with Gasteiger partial charge in [-0.1, -0.05) is 6.07 Å². The second-order valence-electron chi connectivity index (χ2n) is 6.57. The number of alkyl halides is 3. The molecule has 0 fully saturated rings. The second-order valence-corrected chi connectivity index (χ2v) is 7.29. The molecule has 2 aromatic heterocycles. The van der Waals surface area contributed by atoms with Crippen LogP contribution in [-0.4, -0.2) is 37.8 Å². The lowest BCUT2D eigenvalue weighted by Gasteiger charge is -2.11. The Morgan fingerprint density at radius 2 is 1.85 bits per heavy atom. The number of aromatic nitrogens is 3. The summed E-state index contributed by atoms with van der Waals surface area (Å²) < 4.78 is 39.1. The van der Waals surface area contributed by atoms with E-state index in [0.29, 0.717) is 4.73 Å². The number of non-ortho nitro benzene ring substituents is 1. The molecule has 0 aliphatic carbocycles. The third kappa shape index (κ3) is 4.78. The van der Waals surface area contributed by atoms with Gasteiger partial charge in [-0.2, -0.15) is 17.9 Å². The zero-order valence-corrected chi connectivity index (χ0v) is 17.4. The molecule has 174 valence electrons. The van der Waals surface area contributed by atoms with Crippen LogP contribution in [0.25, 0.3) is 22.6 Å². The molecule has 15 heteroatoms. The number of hydrogen-bond donors (Lipinski definition) is 2. The van der Waals surface area contributed by atoms with Gasteiger partial charge in [0.05, 0.1) is 16.0 Å². The first-order valence-corrected chi connectivity index (χ1v) is 10.1. The molecule has 4 aromatic rings. The van der Waals surface area contributed by atoms with Gasteiger partial charge in [-0.25, -0.2) is 19.6 Å². The van der Waals surface area contributed by atoms with E-state index in [1.807, 2.05) is 0 Å². The lowest BCUT2D eigenvalue weighted by molar-refractivity contribution is -0.384. The highest BCUT2D eigenvalue weighted by molar-refractivity contribution is 7.07. The number of nitro groups is 1. The Hall–Kier alpha value is -4.53. The number of amides is 2. The first-order valence-electron chi connectivity index (χ1n) is 9.15. The molecule has 11 nitrogen and oxygen atoms in total. The molecule has 0 aliphatic heterocycles. The molecule has 0 unspecified atom stereocenters. The maximum atomic E-state index is 12.8. The maximum Gasteiger partial charge on any atom is 0.493 e. The van der Waals surface area contributed by atoms with Gasteiger partial charge in [0.15, 0.2) is 5.82 Å². The average molecular weight is 492 g/mol. The number of nitrogens with one attached hydrogen (secondary N) is 2. The highest BCUT2D eigenvalue weighted by Crippen LogP contribution is 2.27. The normalized spacial score (nSPS) is 11.3. The molecule has 0 saturated heterocycles. The van der Waals surface area contributed by atoms with Crippen molar-refractivity contribution in [2.24, 2.45) is 0 Å². The SMILES string of the molecule is O=C(Nc1cccc([N+](=O)[O-])c1)Nc1ccc2nc(-c3cscn3)n(OC(=O)C(F)(F)F)c2c1. The minimum Gasteiger partial charge on any atom is -0.326 e. The quantitative estimate of drug-likeness (QED) is 0.314. The van der Waals surface area contributed by atoms with E-state index in [-0.39, 0.29) is 39.6 Å². The Balaban J connectivity index is 1.64. The fourth-order valence-corrected chi connectivity index (χ4v) is 3.36. The van der Waals surface area contributed by atoms with Crippen molar-refractivity contribution < 1.29 is 32.5 Å². The highest BCUT2D eigenvalue weighted by atomic mass is 32.1. The van der Waals surface area contributed by atoms with Gasteiger partial charge in [-0.3, -0.25) is 10.1 Å². The number of imidazole rings is 1. The summed E-state index contributed by atoms with van der Waals surface area (Å²) in [6.45, 7) is 0. The van der Waals surface area contributed by atoms with Crippen LogP contribution in [0.2, 0.25) is 0 Å². The van der Waals surface area contributed by atoms with Crippen LogP contribution in [0.4, 0.5) is 35.0 Å². The summed E-state index contributed by atoms with van der Waals surface area (Å²) in [4.78, 5) is 46.8. The molecule has 0 saturated carbocycles. The van der Waals surface area contributed by atoms with Gasteiger partial charge in [0.25, 0.3) is 5.69 Å². The molecule has 2 N–H and O–H groups in total. The summed E-state index contributed by atoms with van der Waals surface area (Å²) >= 11 is 1.16. The summed E-state index contributed by atoms with van der Waals surface area (Å²) in [5, 5.41) is 17.2. The van der Waals surface area contributed by atoms with Crippen LogP contribution in [-0.2, 0) is 4.79 Å². The molecule has 0 spiro atoms. The molecule has 34 heavy (non-hydrogen) atoms. The Labute approximate surface area is 190 Å². The summed E-state index contributed by atoms with van der Waals surface area (Å²) in [6, 6.07) is 8.49. The number of nitrogens with zero attached hydrogens (tertiary/aromatic N) is 4. The second kappa shape index (κ2) is 8.78. The molecule has 0 atom stereocenters. The molecule has 2 heterocycles. The van der Waals surface area contributed by atoms with Crippen molar-refractivity contribution >= 4 is 51.4 Å². The number of fused-ring (bicyclic) bond motifs is 1. The smallest absolute Gasteiger partial charge is 0.326 e. The monoisotopic (exact) mass is 492 g/mol. The van der Waals surface area contributed by atoms with Gasteiger partial charge in [0, 0.05) is 28.9 Å². The number of benzene rings is 2. The predicted molar refractivity (Wildman–Crippen MR) is 114 cm³/mol. The van der Waals surface area contributed by atoms with Crippen molar-refractivity contribution in [1.29, 1.82) is 0 Å². The first kappa shape index (κ1) is 22.7. The summed E-state index contributed by atoms with van der Waals surface area (Å²) in [5.41, 5.74) is 1.75. The number of anilines is 2. The molecule has 0 aliphatic rings. The molecule has 0 bridgehead atoms. The van der Waals surface area contributed by atoms with Crippen molar-refractivity contribution in [1.82, 2.24) is 14.7 Å². The van der Waals surface area contributed by atoms with Gasteiger partial charge in [0.1, 0.15) is 11.2 Å². The van der Waals surface area contributed by atoms with Crippen LogP contribution < -0.4 is 15.5 Å². The van der Waals surface area contributed by atoms with Crippen molar-refractivity contribution in [2.45, 2.75) is 6.18 Å². The van der Waals surface area contributed by atoms with Crippen molar-refractivity contribution in [3.8, 4) is 11.5 Å². The predicted octanol–water partition coefficient (Wildman–Crippen LogP) is 4.23.